The van der Waals surface area contributed by atoms with Gasteiger partial charge in [0, 0.05) is 23.9 Å². The summed E-state index contributed by atoms with van der Waals surface area (Å²) in [5, 5.41) is 5.54. The Bertz CT molecular complexity index is 1800. The van der Waals surface area contributed by atoms with Crippen molar-refractivity contribution in [1.29, 1.82) is 0 Å². The molecule has 0 unspecified atom stereocenters. The van der Waals surface area contributed by atoms with Gasteiger partial charge in [0.05, 0.1) is 18.3 Å². The summed E-state index contributed by atoms with van der Waals surface area (Å²) in [6.07, 6.45) is 5.45. The van der Waals surface area contributed by atoms with E-state index in [0.717, 1.165) is 24.0 Å². The van der Waals surface area contributed by atoms with E-state index in [2.05, 4.69) is 16.4 Å². The summed E-state index contributed by atoms with van der Waals surface area (Å²) >= 11 is 6.36. The summed E-state index contributed by atoms with van der Waals surface area (Å²) in [5.74, 6) is -3.00. The summed E-state index contributed by atoms with van der Waals surface area (Å²) < 4.78 is 37.1. The lowest BCUT2D eigenvalue weighted by atomic mass is 10.0. The molecule has 52 heavy (non-hydrogen) atoms. The highest BCUT2D eigenvalue weighted by Gasteiger charge is 2.61. The van der Waals surface area contributed by atoms with Crippen LogP contribution in [0.5, 0.6) is 0 Å². The van der Waals surface area contributed by atoms with Crippen LogP contribution in [0.15, 0.2) is 36.1 Å². The van der Waals surface area contributed by atoms with E-state index in [4.69, 9.17) is 21.1 Å². The molecule has 0 radical (unpaired) electrons. The fourth-order valence-electron chi connectivity index (χ4n) is 7.23. The lowest BCUT2D eigenvalue weighted by molar-refractivity contribution is -0.141. The molecule has 3 heterocycles. The zero-order valence-electron chi connectivity index (χ0n) is 29.8. The predicted octanol–water partition coefficient (Wildman–Crippen LogP) is 4.35. The fourth-order valence-corrected chi connectivity index (χ4v) is 9.20. The Kier molecular flexibility index (Phi) is 10.8. The minimum absolute atomic E-state index is 0.0743. The number of hydrogen-bond donors (Lipinski definition) is 2. The van der Waals surface area contributed by atoms with Gasteiger partial charge in [-0.1, -0.05) is 36.6 Å². The number of carbonyl (C=O) groups excluding carboxylic acids is 5. The van der Waals surface area contributed by atoms with Crippen molar-refractivity contribution in [3.63, 3.8) is 0 Å². The Morgan fingerprint density at radius 1 is 1.10 bits per heavy atom. The molecular weight excluding hydrogens is 712 g/mol. The third kappa shape index (κ3) is 8.66. The number of nitrogens with one attached hydrogen (secondary N) is 2. The molecule has 2 saturated carbocycles. The van der Waals surface area contributed by atoms with Gasteiger partial charge in [-0.2, -0.15) is 0 Å². The highest BCUT2D eigenvalue weighted by atomic mass is 35.5. The molecule has 0 aromatic heterocycles. The molecule has 6 rings (SSSR count). The minimum atomic E-state index is -3.68. The van der Waals surface area contributed by atoms with Gasteiger partial charge in [0.1, 0.15) is 35.1 Å². The van der Waals surface area contributed by atoms with Crippen molar-refractivity contribution in [3.05, 3.63) is 52.2 Å². The number of hydrogen-bond acceptors (Lipinski definition) is 9. The van der Waals surface area contributed by atoms with Crippen molar-refractivity contribution in [2.45, 2.75) is 126 Å². The third-order valence-corrected chi connectivity index (χ3v) is 12.8. The van der Waals surface area contributed by atoms with Crippen LogP contribution in [-0.2, 0) is 46.8 Å². The number of ketones is 1. The monoisotopic (exact) mass is 758 g/mol. The van der Waals surface area contributed by atoms with Gasteiger partial charge in [0.2, 0.25) is 11.8 Å². The average molecular weight is 759 g/mol. The number of amides is 4. The van der Waals surface area contributed by atoms with Crippen molar-refractivity contribution in [3.8, 4) is 0 Å². The van der Waals surface area contributed by atoms with Crippen molar-refractivity contribution >= 4 is 51.2 Å². The highest BCUT2D eigenvalue weighted by Crippen LogP contribution is 2.46. The van der Waals surface area contributed by atoms with Crippen LogP contribution >= 0.6 is 11.6 Å². The van der Waals surface area contributed by atoms with Gasteiger partial charge in [0.25, 0.3) is 0 Å². The second kappa shape index (κ2) is 14.9. The van der Waals surface area contributed by atoms with E-state index in [-0.39, 0.29) is 38.9 Å². The number of rotatable bonds is 6. The van der Waals surface area contributed by atoms with Crippen molar-refractivity contribution in [1.82, 2.24) is 20.4 Å². The summed E-state index contributed by atoms with van der Waals surface area (Å²) in [4.78, 5) is 71.5. The van der Waals surface area contributed by atoms with Crippen molar-refractivity contribution in [2.24, 2.45) is 5.92 Å². The van der Waals surface area contributed by atoms with Crippen molar-refractivity contribution < 1.29 is 41.9 Å². The van der Waals surface area contributed by atoms with E-state index in [1.807, 2.05) is 12.1 Å². The van der Waals surface area contributed by atoms with Crippen LogP contribution < -0.4 is 10.6 Å². The molecule has 5 aliphatic rings. The molecule has 3 fully saturated rings. The van der Waals surface area contributed by atoms with Gasteiger partial charge in [0.15, 0.2) is 15.6 Å². The molecule has 2 N–H and O–H groups in total. The molecule has 13 nitrogen and oxygen atoms in total. The normalized spacial score (nSPS) is 28.0. The Hall–Kier alpha value is -3.87. The zero-order valence-corrected chi connectivity index (χ0v) is 31.4. The van der Waals surface area contributed by atoms with Crippen LogP contribution in [0, 0.1) is 5.92 Å². The summed E-state index contributed by atoms with van der Waals surface area (Å²) in [6, 6.07) is 3.21. The maximum atomic E-state index is 14.4. The Balaban J connectivity index is 1.26. The number of benzene rings is 1. The maximum Gasteiger partial charge on any atom is 0.410 e. The number of sulfone groups is 1. The van der Waals surface area contributed by atoms with Crippen LogP contribution in [0.25, 0.3) is 0 Å². The number of fused-ring (bicyclic) bond motifs is 3. The molecule has 4 amide bonds. The van der Waals surface area contributed by atoms with Gasteiger partial charge < -0.3 is 25.0 Å². The van der Waals surface area contributed by atoms with E-state index in [1.54, 1.807) is 39.0 Å². The quantitative estimate of drug-likeness (QED) is 0.401. The molecule has 0 bridgehead atoms. The largest absolute Gasteiger partial charge is 0.444 e. The van der Waals surface area contributed by atoms with E-state index >= 15 is 0 Å². The first-order valence-electron chi connectivity index (χ1n) is 18.1. The molecule has 2 aliphatic carbocycles. The number of carbonyl (C=O) groups is 5. The number of Topliss-reactive ketones (excluding diaryl/α,β-unsaturated/α-hetero) is 1. The molecule has 3 aliphatic heterocycles. The SMILES string of the molecule is CC(C)(C)OC(=O)N[C@H]1CCCCCC=C=C[C@@H]2C[C@@]2(C(=O)CS(=O)(=O)C2CC2)NC(=O)[C@@H]2C[C@@H](OC(=O)N3Cc4cccc(Cl)c4C3)CN2C1=O. The minimum Gasteiger partial charge on any atom is -0.444 e. The van der Waals surface area contributed by atoms with Crippen LogP contribution in [0.2, 0.25) is 5.02 Å². The molecule has 1 aromatic rings. The van der Waals surface area contributed by atoms with Crippen LogP contribution in [0.1, 0.15) is 89.7 Å². The molecule has 1 aromatic carbocycles. The number of nitrogens with zero attached hydrogens (tertiary/aromatic N) is 2. The molecule has 282 valence electrons. The maximum absolute atomic E-state index is 14.4. The Labute approximate surface area is 309 Å². The second-order valence-electron chi connectivity index (χ2n) is 15.6. The summed E-state index contributed by atoms with van der Waals surface area (Å²) in [7, 11) is -3.68. The average Bonchev–Trinajstić information content (AvgIpc) is 3.94. The Morgan fingerprint density at radius 3 is 2.58 bits per heavy atom. The predicted molar refractivity (Wildman–Crippen MR) is 191 cm³/mol. The lowest BCUT2D eigenvalue weighted by Gasteiger charge is -2.30. The summed E-state index contributed by atoms with van der Waals surface area (Å²) in [5.41, 5.74) is 2.53. The van der Waals surface area contributed by atoms with Gasteiger partial charge >= 0.3 is 12.2 Å². The Morgan fingerprint density at radius 2 is 1.87 bits per heavy atom. The van der Waals surface area contributed by atoms with Crippen molar-refractivity contribution in [2.75, 3.05) is 12.3 Å². The summed E-state index contributed by atoms with van der Waals surface area (Å²) in [6.45, 7) is 5.51. The molecular formula is C37H47ClN4O9S. The third-order valence-electron chi connectivity index (χ3n) is 10.3. The fraction of sp³-hybridized carbons (Fsp3) is 0.622. The molecule has 15 heteroatoms. The number of ether oxygens (including phenoxy) is 2. The zero-order chi connectivity index (χ0) is 37.4. The topological polar surface area (TPSA) is 168 Å². The standard InChI is InChI=1S/C37H47ClN4O9S/c1-36(2,3)51-34(46)39-29-14-9-7-5-4-6-8-12-24-18-37(24,31(43)22-52(48,49)26-15-16-26)40-32(44)30-17-25(20-42(30)33(29)45)50-35(47)41-19-23-11-10-13-28(38)27(23)21-41/h6,10-13,24-26,29-30H,4-5,7,9,14-22H2,1-3H3,(H,39,46)(H,40,44)/t8?,24-,25-,29+,30+,37-/m1/s1. The highest BCUT2D eigenvalue weighted by molar-refractivity contribution is 7.93. The van der Waals surface area contributed by atoms with Crippen LogP contribution in [-0.4, -0.2) is 94.9 Å². The smallest absolute Gasteiger partial charge is 0.410 e. The first kappa shape index (κ1) is 37.9. The van der Waals surface area contributed by atoms with Gasteiger partial charge in [-0.15, -0.1) is 5.73 Å². The van der Waals surface area contributed by atoms with Gasteiger partial charge in [-0.3, -0.25) is 19.3 Å². The molecule has 1 saturated heterocycles. The van der Waals surface area contributed by atoms with E-state index in [0.29, 0.717) is 30.7 Å². The van der Waals surface area contributed by atoms with Crippen LogP contribution in [0.4, 0.5) is 9.59 Å². The first-order valence-corrected chi connectivity index (χ1v) is 20.2. The van der Waals surface area contributed by atoms with Crippen LogP contribution in [0.3, 0.4) is 0 Å². The van der Waals surface area contributed by atoms with E-state index in [9.17, 15) is 32.4 Å². The molecule has 0 spiro atoms. The molecule has 5 atom stereocenters. The first-order chi connectivity index (χ1) is 24.6. The lowest BCUT2D eigenvalue weighted by Crippen LogP contribution is -2.57. The number of halogens is 1. The number of alkyl carbamates (subject to hydrolysis) is 1. The second-order valence-corrected chi connectivity index (χ2v) is 18.2. The van der Waals surface area contributed by atoms with E-state index in [1.165, 1.54) is 9.80 Å². The van der Waals surface area contributed by atoms with E-state index < -0.39 is 85.9 Å². The van der Waals surface area contributed by atoms with Gasteiger partial charge in [-0.25, -0.2) is 18.0 Å². The van der Waals surface area contributed by atoms with Gasteiger partial charge in [-0.05, 0) is 88.6 Å².